The second-order valence-corrected chi connectivity index (χ2v) is 8.61. The van der Waals surface area contributed by atoms with Crippen molar-refractivity contribution in [3.63, 3.8) is 0 Å². The Morgan fingerprint density at radius 1 is 1.00 bits per heavy atom. The third kappa shape index (κ3) is 6.19. The molecule has 0 amide bonds. The molecular weight excluding hydrogens is 510 g/mol. The van der Waals surface area contributed by atoms with Gasteiger partial charge in [-0.25, -0.2) is 13.6 Å². The predicted octanol–water partition coefficient (Wildman–Crippen LogP) is 3.36. The van der Waals surface area contributed by atoms with E-state index in [9.17, 15) is 18.7 Å². The summed E-state index contributed by atoms with van der Waals surface area (Å²) in [4.78, 5) is 26.1. The van der Waals surface area contributed by atoms with Crippen LogP contribution >= 0.6 is 0 Å². The SMILES string of the molecule is COc1cc(OC)c(F)c(-c2ccc(C(=O)O)c3nccnc23)c1F.Nc1ccc(CN2CCNCC2)nc1. The molecule has 2 aromatic carbocycles. The summed E-state index contributed by atoms with van der Waals surface area (Å²) in [7, 11) is 2.48. The molecule has 0 aliphatic carbocycles. The van der Waals surface area contributed by atoms with E-state index in [1.54, 1.807) is 6.20 Å². The predicted molar refractivity (Wildman–Crippen MR) is 142 cm³/mol. The van der Waals surface area contributed by atoms with E-state index in [0.717, 1.165) is 50.2 Å². The molecule has 1 aliphatic rings. The van der Waals surface area contributed by atoms with E-state index in [-0.39, 0.29) is 33.7 Å². The third-order valence-corrected chi connectivity index (χ3v) is 6.14. The first kappa shape index (κ1) is 27.6. The van der Waals surface area contributed by atoms with Gasteiger partial charge in [-0.05, 0) is 18.2 Å². The van der Waals surface area contributed by atoms with Crippen molar-refractivity contribution >= 4 is 22.7 Å². The first-order chi connectivity index (χ1) is 18.8. The number of carbonyl (C=O) groups is 1. The number of carboxylic acids is 1. The Balaban J connectivity index is 0.000000212. The van der Waals surface area contributed by atoms with Gasteiger partial charge in [0.15, 0.2) is 23.1 Å². The maximum absolute atomic E-state index is 14.7. The van der Waals surface area contributed by atoms with Crippen LogP contribution < -0.4 is 20.5 Å². The summed E-state index contributed by atoms with van der Waals surface area (Å²) >= 11 is 0. The van der Waals surface area contributed by atoms with Crippen molar-refractivity contribution in [2.24, 2.45) is 0 Å². The number of fused-ring (bicyclic) bond motifs is 1. The average molecular weight is 539 g/mol. The van der Waals surface area contributed by atoms with Crippen LogP contribution in [-0.4, -0.2) is 71.3 Å². The molecule has 1 fully saturated rings. The number of hydrogen-bond acceptors (Lipinski definition) is 9. The molecule has 0 spiro atoms. The van der Waals surface area contributed by atoms with Crippen LogP contribution in [0.25, 0.3) is 22.2 Å². The van der Waals surface area contributed by atoms with Gasteiger partial charge in [0.1, 0.15) is 5.52 Å². The first-order valence-corrected chi connectivity index (χ1v) is 12.0. The number of pyridine rings is 1. The maximum Gasteiger partial charge on any atom is 0.337 e. The summed E-state index contributed by atoms with van der Waals surface area (Å²) in [6.45, 7) is 5.30. The standard InChI is InChI=1S/C17H12F2N2O4.C10H16N4/c1-24-10-7-11(25-2)14(19)12(13(10)18)8-3-4-9(17(22)23)16-15(8)20-5-6-21-16;11-9-1-2-10(13-7-9)8-14-5-3-12-4-6-14/h3-7H,1-2H3,(H,22,23);1-2,7,12H,3-6,8,11H2. The highest BCUT2D eigenvalue weighted by Crippen LogP contribution is 2.40. The number of aromatic carboxylic acids is 1. The molecule has 0 radical (unpaired) electrons. The molecule has 3 heterocycles. The number of nitrogens with one attached hydrogen (secondary N) is 1. The number of anilines is 1. The van der Waals surface area contributed by atoms with Crippen LogP contribution in [0.2, 0.25) is 0 Å². The molecular formula is C27H28F2N6O4. The molecule has 1 aliphatic heterocycles. The third-order valence-electron chi connectivity index (χ3n) is 6.14. The van der Waals surface area contributed by atoms with E-state index in [4.69, 9.17) is 15.2 Å². The molecule has 0 saturated carbocycles. The molecule has 0 unspecified atom stereocenters. The second kappa shape index (κ2) is 12.4. The number of aromatic nitrogens is 3. The maximum atomic E-state index is 14.7. The van der Waals surface area contributed by atoms with Gasteiger partial charge in [-0.3, -0.25) is 19.9 Å². The van der Waals surface area contributed by atoms with Crippen LogP contribution in [0, 0.1) is 11.6 Å². The van der Waals surface area contributed by atoms with Gasteiger partial charge >= 0.3 is 5.97 Å². The molecule has 10 nitrogen and oxygen atoms in total. The minimum atomic E-state index is -1.22. The Morgan fingerprint density at radius 3 is 2.21 bits per heavy atom. The highest BCUT2D eigenvalue weighted by atomic mass is 19.1. The number of carboxylic acid groups (broad SMARTS) is 1. The zero-order valence-electron chi connectivity index (χ0n) is 21.4. The Labute approximate surface area is 223 Å². The van der Waals surface area contributed by atoms with Crippen LogP contribution in [0.3, 0.4) is 0 Å². The number of piperazine rings is 1. The summed E-state index contributed by atoms with van der Waals surface area (Å²) in [5.74, 6) is -3.55. The number of nitrogen functional groups attached to an aromatic ring is 1. The van der Waals surface area contributed by atoms with Crippen LogP contribution in [-0.2, 0) is 6.54 Å². The molecule has 1 saturated heterocycles. The smallest absolute Gasteiger partial charge is 0.337 e. The van der Waals surface area contributed by atoms with E-state index >= 15 is 0 Å². The van der Waals surface area contributed by atoms with Gasteiger partial charge < -0.3 is 25.6 Å². The van der Waals surface area contributed by atoms with Crippen LogP contribution in [0.15, 0.2) is 48.9 Å². The molecule has 0 bridgehead atoms. The molecule has 39 heavy (non-hydrogen) atoms. The highest BCUT2D eigenvalue weighted by molar-refractivity contribution is 6.05. The zero-order chi connectivity index (χ0) is 27.9. The summed E-state index contributed by atoms with van der Waals surface area (Å²) in [5, 5.41) is 12.6. The fraction of sp³-hybridized carbons (Fsp3) is 0.259. The number of rotatable bonds is 6. The lowest BCUT2D eigenvalue weighted by atomic mass is 9.99. The van der Waals surface area contributed by atoms with Crippen LogP contribution in [0.5, 0.6) is 11.5 Å². The molecule has 0 atom stereocenters. The minimum absolute atomic E-state index is 0.0214. The molecule has 4 aromatic rings. The summed E-state index contributed by atoms with van der Waals surface area (Å²) in [6, 6.07) is 7.50. The Bertz CT molecular complexity index is 1440. The fourth-order valence-corrected chi connectivity index (χ4v) is 4.18. The number of benzene rings is 2. The van der Waals surface area contributed by atoms with Gasteiger partial charge in [-0.1, -0.05) is 6.07 Å². The van der Waals surface area contributed by atoms with Crippen molar-refractivity contribution in [1.29, 1.82) is 0 Å². The van der Waals surface area contributed by atoms with E-state index in [2.05, 4.69) is 25.2 Å². The van der Waals surface area contributed by atoms with Crippen molar-refractivity contribution in [3.05, 3.63) is 71.8 Å². The topological polar surface area (TPSA) is 136 Å². The van der Waals surface area contributed by atoms with Gasteiger partial charge in [0.25, 0.3) is 0 Å². The molecule has 12 heteroatoms. The van der Waals surface area contributed by atoms with Gasteiger partial charge in [-0.2, -0.15) is 0 Å². The monoisotopic (exact) mass is 538 g/mol. The lowest BCUT2D eigenvalue weighted by molar-refractivity contribution is 0.0699. The normalized spacial score (nSPS) is 13.4. The molecule has 4 N–H and O–H groups in total. The average Bonchev–Trinajstić information content (AvgIpc) is 2.95. The number of nitrogens with zero attached hydrogens (tertiary/aromatic N) is 4. The van der Waals surface area contributed by atoms with Gasteiger partial charge in [0, 0.05) is 56.7 Å². The van der Waals surface area contributed by atoms with Crippen LogP contribution in [0.4, 0.5) is 14.5 Å². The number of methoxy groups -OCH3 is 2. The zero-order valence-corrected chi connectivity index (χ0v) is 21.4. The second-order valence-electron chi connectivity index (χ2n) is 8.61. The van der Waals surface area contributed by atoms with Gasteiger partial charge in [0.2, 0.25) is 0 Å². The van der Waals surface area contributed by atoms with Crippen molar-refractivity contribution < 1.29 is 28.2 Å². The van der Waals surface area contributed by atoms with Crippen molar-refractivity contribution in [3.8, 4) is 22.6 Å². The summed E-state index contributed by atoms with van der Waals surface area (Å²) in [6.07, 6.45) is 4.33. The van der Waals surface area contributed by atoms with E-state index < -0.39 is 23.2 Å². The molecule has 5 rings (SSSR count). The van der Waals surface area contributed by atoms with Crippen LogP contribution in [0.1, 0.15) is 16.1 Å². The lowest BCUT2D eigenvalue weighted by Crippen LogP contribution is -2.43. The van der Waals surface area contributed by atoms with E-state index in [1.165, 1.54) is 38.7 Å². The number of ether oxygens (including phenoxy) is 2. The largest absolute Gasteiger partial charge is 0.494 e. The van der Waals surface area contributed by atoms with Gasteiger partial charge in [-0.15, -0.1) is 0 Å². The Hall–Kier alpha value is -4.42. The number of hydrogen-bond donors (Lipinski definition) is 3. The minimum Gasteiger partial charge on any atom is -0.494 e. The summed E-state index contributed by atoms with van der Waals surface area (Å²) in [5.41, 5.74) is 6.96. The Kier molecular flexibility index (Phi) is 8.79. The van der Waals surface area contributed by atoms with Gasteiger partial charge in [0.05, 0.1) is 48.4 Å². The molecule has 204 valence electrons. The first-order valence-electron chi connectivity index (χ1n) is 12.0. The fourth-order valence-electron chi connectivity index (χ4n) is 4.18. The Morgan fingerprint density at radius 2 is 1.64 bits per heavy atom. The van der Waals surface area contributed by atoms with Crippen molar-refractivity contribution in [1.82, 2.24) is 25.2 Å². The lowest BCUT2D eigenvalue weighted by Gasteiger charge is -2.26. The molecule has 2 aromatic heterocycles. The number of halogens is 2. The van der Waals surface area contributed by atoms with E-state index in [1.807, 2.05) is 12.1 Å². The number of nitrogens with two attached hydrogens (primary N) is 1. The highest BCUT2D eigenvalue weighted by Gasteiger charge is 2.25. The van der Waals surface area contributed by atoms with Crippen molar-refractivity contribution in [2.75, 3.05) is 46.1 Å². The quantitative estimate of drug-likeness (QED) is 0.335. The van der Waals surface area contributed by atoms with Crippen molar-refractivity contribution in [2.45, 2.75) is 6.54 Å². The van der Waals surface area contributed by atoms with E-state index in [0.29, 0.717) is 0 Å². The summed E-state index contributed by atoms with van der Waals surface area (Å²) < 4.78 is 39.3.